The Kier molecular flexibility index (Phi) is 9.84. The summed E-state index contributed by atoms with van der Waals surface area (Å²) in [4.78, 5) is 57.5. The minimum Gasteiger partial charge on any atom is -0.480 e. The van der Waals surface area contributed by atoms with Crippen molar-refractivity contribution in [1.82, 2.24) is 16.0 Å². The van der Waals surface area contributed by atoms with Crippen LogP contribution in [0.5, 0.6) is 0 Å². The number of rotatable bonds is 11. The molecule has 0 aliphatic rings. The van der Waals surface area contributed by atoms with Gasteiger partial charge in [-0.1, -0.05) is 13.8 Å². The first-order valence-corrected chi connectivity index (χ1v) is 7.74. The highest BCUT2D eigenvalue weighted by Crippen LogP contribution is 2.00. The van der Waals surface area contributed by atoms with E-state index in [1.54, 1.807) is 13.8 Å². The lowest BCUT2D eigenvalue weighted by atomic mass is 10.0. The summed E-state index contributed by atoms with van der Waals surface area (Å²) in [6.45, 7) is 1.86. The smallest absolute Gasteiger partial charge is 0.322 e. The summed E-state index contributed by atoms with van der Waals surface area (Å²) in [5.41, 5.74) is 10.6. The van der Waals surface area contributed by atoms with Crippen molar-refractivity contribution in [3.63, 3.8) is 0 Å². The van der Waals surface area contributed by atoms with Gasteiger partial charge in [0.2, 0.25) is 23.6 Å². The monoisotopic (exact) mass is 375 g/mol. The highest BCUT2D eigenvalue weighted by molar-refractivity contribution is 5.95. The van der Waals surface area contributed by atoms with Crippen LogP contribution < -0.4 is 27.4 Å². The van der Waals surface area contributed by atoms with Crippen molar-refractivity contribution in [3.05, 3.63) is 0 Å². The molecule has 0 saturated heterocycles. The fourth-order valence-electron chi connectivity index (χ4n) is 1.73. The van der Waals surface area contributed by atoms with Crippen molar-refractivity contribution < 1.29 is 34.2 Å². The Labute approximate surface area is 149 Å². The summed E-state index contributed by atoms with van der Waals surface area (Å²) >= 11 is 0. The molecular weight excluding hydrogens is 350 g/mol. The van der Waals surface area contributed by atoms with Crippen molar-refractivity contribution in [2.24, 2.45) is 17.4 Å². The van der Waals surface area contributed by atoms with Crippen molar-refractivity contribution in [1.29, 1.82) is 0 Å². The molecule has 3 unspecified atom stereocenters. The van der Waals surface area contributed by atoms with Gasteiger partial charge in [-0.15, -0.1) is 0 Å². The van der Waals surface area contributed by atoms with Crippen LogP contribution in [0.25, 0.3) is 0 Å². The number of nitrogens with two attached hydrogens (primary N) is 2. The van der Waals surface area contributed by atoms with E-state index in [9.17, 15) is 29.1 Å². The standard InChI is InChI=1S/C14H25N5O7/c1-6(2)11(16)14(26)19-8(5-20)13(25)18-7(3-9(15)21)12(24)17-4-10(22)23/h6-8,11,20H,3-5,16H2,1-2H3,(H2,15,21)(H,17,24)(H,18,25)(H,19,26)(H,22,23). The van der Waals surface area contributed by atoms with Gasteiger partial charge in [-0.05, 0) is 5.92 Å². The summed E-state index contributed by atoms with van der Waals surface area (Å²) < 4.78 is 0. The third-order valence-electron chi connectivity index (χ3n) is 3.29. The van der Waals surface area contributed by atoms with E-state index in [0.717, 1.165) is 0 Å². The average molecular weight is 375 g/mol. The van der Waals surface area contributed by atoms with Crippen molar-refractivity contribution in [2.75, 3.05) is 13.2 Å². The number of carbonyl (C=O) groups is 5. The van der Waals surface area contributed by atoms with Crippen LogP contribution in [0, 0.1) is 5.92 Å². The second kappa shape index (κ2) is 11.0. The molecule has 12 heteroatoms. The van der Waals surface area contributed by atoms with Gasteiger partial charge in [-0.2, -0.15) is 0 Å². The van der Waals surface area contributed by atoms with E-state index < -0.39 is 67.3 Å². The Morgan fingerprint density at radius 1 is 0.962 bits per heavy atom. The van der Waals surface area contributed by atoms with E-state index in [0.29, 0.717) is 0 Å². The maximum atomic E-state index is 12.2. The molecule has 26 heavy (non-hydrogen) atoms. The van der Waals surface area contributed by atoms with E-state index in [1.165, 1.54) is 0 Å². The zero-order valence-electron chi connectivity index (χ0n) is 14.5. The number of aliphatic hydroxyl groups excluding tert-OH is 1. The number of hydrogen-bond donors (Lipinski definition) is 7. The molecule has 0 fully saturated rings. The first-order valence-electron chi connectivity index (χ1n) is 7.74. The Bertz CT molecular complexity index is 552. The summed E-state index contributed by atoms with van der Waals surface area (Å²) in [6, 6.07) is -3.81. The van der Waals surface area contributed by atoms with E-state index in [1.807, 2.05) is 5.32 Å². The molecule has 0 aromatic rings. The molecule has 0 aliphatic carbocycles. The summed E-state index contributed by atoms with van der Waals surface area (Å²) in [5.74, 6) is -5.08. The average Bonchev–Trinajstić information content (AvgIpc) is 2.54. The molecule has 9 N–H and O–H groups in total. The van der Waals surface area contributed by atoms with Crippen LogP contribution in [-0.2, 0) is 24.0 Å². The molecule has 0 saturated carbocycles. The predicted molar refractivity (Wildman–Crippen MR) is 88.2 cm³/mol. The number of hydrogen-bond acceptors (Lipinski definition) is 7. The van der Waals surface area contributed by atoms with Gasteiger partial charge in [-0.3, -0.25) is 24.0 Å². The molecule has 0 aromatic carbocycles. The molecule has 12 nitrogen and oxygen atoms in total. The number of nitrogens with one attached hydrogen (secondary N) is 3. The minimum atomic E-state index is -1.47. The molecule has 0 bridgehead atoms. The highest BCUT2D eigenvalue weighted by atomic mass is 16.4. The zero-order chi connectivity index (χ0) is 20.4. The Morgan fingerprint density at radius 3 is 1.92 bits per heavy atom. The zero-order valence-corrected chi connectivity index (χ0v) is 14.5. The third kappa shape index (κ3) is 8.39. The van der Waals surface area contributed by atoms with Crippen LogP contribution in [0.1, 0.15) is 20.3 Å². The second-order valence-corrected chi connectivity index (χ2v) is 5.86. The molecular formula is C14H25N5O7. The summed E-state index contributed by atoms with van der Waals surface area (Å²) in [7, 11) is 0. The molecule has 4 amide bonds. The van der Waals surface area contributed by atoms with Crippen LogP contribution in [0.15, 0.2) is 0 Å². The van der Waals surface area contributed by atoms with E-state index in [2.05, 4.69) is 10.6 Å². The first kappa shape index (κ1) is 23.3. The molecule has 0 spiro atoms. The van der Waals surface area contributed by atoms with Crippen LogP contribution in [0.4, 0.5) is 0 Å². The number of aliphatic hydroxyl groups is 1. The van der Waals surface area contributed by atoms with Crippen LogP contribution >= 0.6 is 0 Å². The van der Waals surface area contributed by atoms with E-state index >= 15 is 0 Å². The molecule has 3 atom stereocenters. The maximum Gasteiger partial charge on any atom is 0.322 e. The topological polar surface area (TPSA) is 214 Å². The molecule has 0 radical (unpaired) electrons. The van der Waals surface area contributed by atoms with Crippen LogP contribution in [-0.4, -0.2) is 71.1 Å². The molecule has 148 valence electrons. The first-order chi connectivity index (χ1) is 12.0. The lowest BCUT2D eigenvalue weighted by Gasteiger charge is -2.23. The van der Waals surface area contributed by atoms with Gasteiger partial charge in [0, 0.05) is 0 Å². The Hall–Kier alpha value is -2.73. The molecule has 0 aliphatic heterocycles. The van der Waals surface area contributed by atoms with Gasteiger partial charge in [0.25, 0.3) is 0 Å². The predicted octanol–water partition coefficient (Wildman–Crippen LogP) is -3.99. The molecule has 0 heterocycles. The quantitative estimate of drug-likeness (QED) is 0.188. The lowest BCUT2D eigenvalue weighted by molar-refractivity contribution is -0.139. The van der Waals surface area contributed by atoms with Crippen molar-refractivity contribution >= 4 is 29.6 Å². The normalized spacial score (nSPS) is 14.0. The second-order valence-electron chi connectivity index (χ2n) is 5.86. The fraction of sp³-hybridized carbons (Fsp3) is 0.643. The fourth-order valence-corrected chi connectivity index (χ4v) is 1.73. The molecule has 0 rings (SSSR count). The largest absolute Gasteiger partial charge is 0.480 e. The SMILES string of the molecule is CC(C)C(N)C(=O)NC(CO)C(=O)NC(CC(N)=O)C(=O)NCC(=O)O. The number of amides is 4. The van der Waals surface area contributed by atoms with Gasteiger partial charge in [0.1, 0.15) is 18.6 Å². The van der Waals surface area contributed by atoms with Crippen LogP contribution in [0.2, 0.25) is 0 Å². The number of carboxylic acid groups (broad SMARTS) is 1. The summed E-state index contributed by atoms with van der Waals surface area (Å²) in [6.07, 6.45) is -0.602. The number of aliphatic carboxylic acids is 1. The third-order valence-corrected chi connectivity index (χ3v) is 3.29. The van der Waals surface area contributed by atoms with Gasteiger partial charge in [0.05, 0.1) is 19.1 Å². The Morgan fingerprint density at radius 2 is 1.50 bits per heavy atom. The van der Waals surface area contributed by atoms with Gasteiger partial charge < -0.3 is 37.6 Å². The van der Waals surface area contributed by atoms with Crippen molar-refractivity contribution in [3.8, 4) is 0 Å². The van der Waals surface area contributed by atoms with E-state index in [-0.39, 0.29) is 5.92 Å². The van der Waals surface area contributed by atoms with Gasteiger partial charge in [-0.25, -0.2) is 0 Å². The maximum absolute atomic E-state index is 12.2. The minimum absolute atomic E-state index is 0.221. The van der Waals surface area contributed by atoms with Crippen LogP contribution in [0.3, 0.4) is 0 Å². The number of carbonyl (C=O) groups excluding carboxylic acids is 4. The lowest BCUT2D eigenvalue weighted by Crippen LogP contribution is -2.58. The van der Waals surface area contributed by atoms with Crippen molar-refractivity contribution in [2.45, 2.75) is 38.4 Å². The summed E-state index contributed by atoms with van der Waals surface area (Å²) in [5, 5.41) is 24.2. The number of primary amides is 1. The van der Waals surface area contributed by atoms with E-state index in [4.69, 9.17) is 16.6 Å². The van der Waals surface area contributed by atoms with Gasteiger partial charge >= 0.3 is 5.97 Å². The van der Waals surface area contributed by atoms with Gasteiger partial charge in [0.15, 0.2) is 0 Å². The number of carboxylic acids is 1. The molecule has 0 aromatic heterocycles. The highest BCUT2D eigenvalue weighted by Gasteiger charge is 2.29. The Balaban J connectivity index is 5.01.